The fraction of sp³-hybridized carbons (Fsp3) is 0.150. The van der Waals surface area contributed by atoms with E-state index in [0.29, 0.717) is 41.2 Å². The van der Waals surface area contributed by atoms with Gasteiger partial charge < -0.3 is 19.7 Å². The molecule has 3 aromatic rings. The zero-order valence-electron chi connectivity index (χ0n) is 14.7. The Labute approximate surface area is 164 Å². The molecule has 0 saturated carbocycles. The van der Waals surface area contributed by atoms with Crippen molar-refractivity contribution in [3.63, 3.8) is 0 Å². The number of aromatic carboxylic acids is 1. The summed E-state index contributed by atoms with van der Waals surface area (Å²) in [5.41, 5.74) is 1.69. The van der Waals surface area contributed by atoms with Gasteiger partial charge in [-0.15, -0.1) is 11.3 Å². The van der Waals surface area contributed by atoms with Gasteiger partial charge in [0.15, 0.2) is 0 Å². The first-order valence-corrected chi connectivity index (χ1v) is 9.42. The van der Waals surface area contributed by atoms with Crippen LogP contribution in [0.1, 0.15) is 41.5 Å². The lowest BCUT2D eigenvalue weighted by Gasteiger charge is -2.26. The minimum atomic E-state index is -1.09. The van der Waals surface area contributed by atoms with Crippen LogP contribution in [-0.4, -0.2) is 34.3 Å². The van der Waals surface area contributed by atoms with Crippen LogP contribution in [0.3, 0.4) is 0 Å². The van der Waals surface area contributed by atoms with Crippen LogP contribution in [0.5, 0.6) is 0 Å². The van der Waals surface area contributed by atoms with Crippen molar-refractivity contribution in [2.45, 2.75) is 13.0 Å². The fourth-order valence-corrected chi connectivity index (χ4v) is 4.48. The number of carbonyl (C=O) groups excluding carboxylic acids is 2. The van der Waals surface area contributed by atoms with Crippen molar-refractivity contribution in [3.05, 3.63) is 76.1 Å². The highest BCUT2D eigenvalue weighted by Gasteiger charge is 2.30. The standard InChI is InChI=1S/C20H16N2O5S/c23-17(12-4-2-1-3-5-12)21-18-16(20(25)26)14-6-8-22(10-15(14)28-18)19(24)13-7-9-27-11-13/h1-5,7,9,11H,6,8,10H2,(H,21,23)(H,25,26). The average Bonchev–Trinajstić information content (AvgIpc) is 3.35. The minimum absolute atomic E-state index is 0.111. The van der Waals surface area contributed by atoms with E-state index >= 15 is 0 Å². The summed E-state index contributed by atoms with van der Waals surface area (Å²) < 4.78 is 4.97. The number of carboxylic acids is 1. The number of furan rings is 1. The van der Waals surface area contributed by atoms with Crippen molar-refractivity contribution in [2.75, 3.05) is 11.9 Å². The molecular formula is C20H16N2O5S. The van der Waals surface area contributed by atoms with E-state index in [1.807, 2.05) is 0 Å². The molecule has 7 nitrogen and oxygen atoms in total. The van der Waals surface area contributed by atoms with Gasteiger partial charge in [0.25, 0.3) is 11.8 Å². The molecule has 28 heavy (non-hydrogen) atoms. The molecule has 0 saturated heterocycles. The van der Waals surface area contributed by atoms with Gasteiger partial charge >= 0.3 is 5.97 Å². The number of rotatable bonds is 4. The molecule has 2 amide bonds. The minimum Gasteiger partial charge on any atom is -0.478 e. The van der Waals surface area contributed by atoms with Crippen molar-refractivity contribution in [1.82, 2.24) is 4.90 Å². The molecule has 0 bridgehead atoms. The number of benzene rings is 1. The summed E-state index contributed by atoms with van der Waals surface area (Å²) in [6.07, 6.45) is 3.24. The molecule has 0 aliphatic carbocycles. The number of amides is 2. The van der Waals surface area contributed by atoms with Gasteiger partial charge in [0.2, 0.25) is 0 Å². The molecule has 0 fully saturated rings. The smallest absolute Gasteiger partial charge is 0.339 e. The van der Waals surface area contributed by atoms with E-state index in [-0.39, 0.29) is 17.4 Å². The topological polar surface area (TPSA) is 99.9 Å². The van der Waals surface area contributed by atoms with E-state index in [0.717, 1.165) is 4.88 Å². The van der Waals surface area contributed by atoms with Gasteiger partial charge in [-0.1, -0.05) is 18.2 Å². The Kier molecular flexibility index (Phi) is 4.70. The molecule has 0 unspecified atom stereocenters. The molecule has 2 N–H and O–H groups in total. The SMILES string of the molecule is O=C(Nc1sc2c(c1C(=O)O)CCN(C(=O)c1ccoc1)C2)c1ccccc1. The summed E-state index contributed by atoms with van der Waals surface area (Å²) in [6, 6.07) is 10.2. The van der Waals surface area contributed by atoms with E-state index in [4.69, 9.17) is 4.42 Å². The summed E-state index contributed by atoms with van der Waals surface area (Å²) in [5.74, 6) is -1.62. The number of nitrogens with zero attached hydrogens (tertiary/aromatic N) is 1. The predicted octanol–water partition coefficient (Wildman–Crippen LogP) is 3.49. The van der Waals surface area contributed by atoms with Crippen molar-refractivity contribution >= 4 is 34.1 Å². The van der Waals surface area contributed by atoms with Crippen LogP contribution >= 0.6 is 11.3 Å². The molecular weight excluding hydrogens is 380 g/mol. The second-order valence-corrected chi connectivity index (χ2v) is 7.43. The predicted molar refractivity (Wildman–Crippen MR) is 103 cm³/mol. The number of nitrogens with one attached hydrogen (secondary N) is 1. The first kappa shape index (κ1) is 18.0. The van der Waals surface area contributed by atoms with Crippen molar-refractivity contribution < 1.29 is 23.9 Å². The van der Waals surface area contributed by atoms with E-state index < -0.39 is 5.97 Å². The zero-order chi connectivity index (χ0) is 19.7. The third-order valence-electron chi connectivity index (χ3n) is 4.59. The fourth-order valence-electron chi connectivity index (χ4n) is 3.22. The third-order valence-corrected chi connectivity index (χ3v) is 5.72. The quantitative estimate of drug-likeness (QED) is 0.703. The number of carboxylic acid groups (broad SMARTS) is 1. The van der Waals surface area contributed by atoms with E-state index in [2.05, 4.69) is 5.32 Å². The number of hydrogen-bond acceptors (Lipinski definition) is 5. The second-order valence-electron chi connectivity index (χ2n) is 6.32. The first-order chi connectivity index (χ1) is 13.5. The Morgan fingerprint density at radius 2 is 1.89 bits per heavy atom. The van der Waals surface area contributed by atoms with Gasteiger partial charge in [0, 0.05) is 17.0 Å². The van der Waals surface area contributed by atoms with Crippen LogP contribution in [-0.2, 0) is 13.0 Å². The average molecular weight is 396 g/mol. The molecule has 1 aromatic carbocycles. The maximum Gasteiger partial charge on any atom is 0.339 e. The highest BCUT2D eigenvalue weighted by molar-refractivity contribution is 7.17. The molecule has 2 aromatic heterocycles. The molecule has 0 spiro atoms. The van der Waals surface area contributed by atoms with Crippen LogP contribution in [0, 0.1) is 0 Å². The van der Waals surface area contributed by atoms with Gasteiger partial charge in [-0.2, -0.15) is 0 Å². The Balaban J connectivity index is 1.61. The Morgan fingerprint density at radius 3 is 2.57 bits per heavy atom. The first-order valence-electron chi connectivity index (χ1n) is 8.60. The Bertz CT molecular complexity index is 1040. The van der Waals surface area contributed by atoms with Crippen LogP contribution < -0.4 is 5.32 Å². The highest BCUT2D eigenvalue weighted by atomic mass is 32.1. The van der Waals surface area contributed by atoms with E-state index in [1.54, 1.807) is 41.3 Å². The largest absolute Gasteiger partial charge is 0.478 e. The zero-order valence-corrected chi connectivity index (χ0v) is 15.5. The summed E-state index contributed by atoms with van der Waals surface area (Å²) in [5, 5.41) is 12.7. The summed E-state index contributed by atoms with van der Waals surface area (Å²) >= 11 is 1.20. The number of thiophene rings is 1. The number of fused-ring (bicyclic) bond motifs is 1. The number of anilines is 1. The Morgan fingerprint density at radius 1 is 1.11 bits per heavy atom. The Hall–Kier alpha value is -3.39. The third kappa shape index (κ3) is 3.29. The molecule has 8 heteroatoms. The van der Waals surface area contributed by atoms with Crippen molar-refractivity contribution in [1.29, 1.82) is 0 Å². The van der Waals surface area contributed by atoms with Crippen LogP contribution in [0.4, 0.5) is 5.00 Å². The molecule has 1 aliphatic rings. The van der Waals surface area contributed by atoms with Gasteiger partial charge in [-0.05, 0) is 30.2 Å². The van der Waals surface area contributed by atoms with Gasteiger partial charge in [0.05, 0.1) is 23.9 Å². The lowest BCUT2D eigenvalue weighted by molar-refractivity contribution is 0.0696. The van der Waals surface area contributed by atoms with Crippen LogP contribution in [0.15, 0.2) is 53.3 Å². The summed E-state index contributed by atoms with van der Waals surface area (Å²) in [6.45, 7) is 0.700. The second kappa shape index (κ2) is 7.32. The normalized spacial score (nSPS) is 13.1. The molecule has 0 atom stereocenters. The number of hydrogen-bond donors (Lipinski definition) is 2. The van der Waals surface area contributed by atoms with Crippen LogP contribution in [0.2, 0.25) is 0 Å². The number of carbonyl (C=O) groups is 3. The van der Waals surface area contributed by atoms with E-state index in [9.17, 15) is 19.5 Å². The lowest BCUT2D eigenvalue weighted by atomic mass is 10.0. The van der Waals surface area contributed by atoms with Gasteiger partial charge in [0.1, 0.15) is 11.3 Å². The molecule has 4 rings (SSSR count). The summed E-state index contributed by atoms with van der Waals surface area (Å²) in [7, 11) is 0. The maximum absolute atomic E-state index is 12.5. The van der Waals surface area contributed by atoms with Crippen molar-refractivity contribution in [2.24, 2.45) is 0 Å². The van der Waals surface area contributed by atoms with E-state index in [1.165, 1.54) is 23.9 Å². The molecule has 0 radical (unpaired) electrons. The maximum atomic E-state index is 12.5. The van der Waals surface area contributed by atoms with Crippen molar-refractivity contribution in [3.8, 4) is 0 Å². The lowest BCUT2D eigenvalue weighted by Crippen LogP contribution is -2.35. The summed E-state index contributed by atoms with van der Waals surface area (Å²) in [4.78, 5) is 39.3. The molecule has 1 aliphatic heterocycles. The van der Waals surface area contributed by atoms with Gasteiger partial charge in [-0.25, -0.2) is 4.79 Å². The van der Waals surface area contributed by atoms with Gasteiger partial charge in [-0.3, -0.25) is 9.59 Å². The molecule has 142 valence electrons. The monoisotopic (exact) mass is 396 g/mol. The molecule has 3 heterocycles. The van der Waals surface area contributed by atoms with Crippen LogP contribution in [0.25, 0.3) is 0 Å². The highest BCUT2D eigenvalue weighted by Crippen LogP contribution is 2.37.